The Morgan fingerprint density at radius 3 is 2.72 bits per heavy atom. The molecule has 7 heteroatoms. The van der Waals surface area contributed by atoms with Gasteiger partial charge in [0, 0.05) is 18.3 Å². The van der Waals surface area contributed by atoms with E-state index in [1.807, 2.05) is 17.0 Å². The summed E-state index contributed by atoms with van der Waals surface area (Å²) in [5.74, 6) is 0.576. The zero-order chi connectivity index (χ0) is 20.4. The van der Waals surface area contributed by atoms with Crippen molar-refractivity contribution >= 4 is 28.5 Å². The molecule has 1 atom stereocenters. The summed E-state index contributed by atoms with van der Waals surface area (Å²) in [5.41, 5.74) is 8.17. The van der Waals surface area contributed by atoms with Crippen LogP contribution in [0.15, 0.2) is 18.2 Å². The number of likely N-dealkylation sites (tertiary alicyclic amines) is 1. The van der Waals surface area contributed by atoms with E-state index in [9.17, 15) is 9.59 Å². The van der Waals surface area contributed by atoms with Crippen LogP contribution in [0.2, 0.25) is 0 Å². The van der Waals surface area contributed by atoms with Crippen molar-refractivity contribution < 1.29 is 9.59 Å². The maximum Gasteiger partial charge on any atom is 0.231 e. The topological polar surface area (TPSA) is 93.2 Å². The number of benzene rings is 1. The summed E-state index contributed by atoms with van der Waals surface area (Å²) in [6.45, 7) is 3.68. The number of imidazole rings is 1. The predicted molar refractivity (Wildman–Crippen MR) is 114 cm³/mol. The third-order valence-electron chi connectivity index (χ3n) is 6.33. The Bertz CT molecular complexity index is 900. The zero-order valence-electron chi connectivity index (χ0n) is 17.2. The van der Waals surface area contributed by atoms with Gasteiger partial charge in [0.25, 0.3) is 0 Å². The lowest BCUT2D eigenvalue weighted by Gasteiger charge is -2.31. The number of nitrogens with two attached hydrogens (primary N) is 1. The van der Waals surface area contributed by atoms with Crippen LogP contribution in [-0.4, -0.2) is 45.9 Å². The molecule has 29 heavy (non-hydrogen) atoms. The molecule has 0 spiro atoms. The standard InChI is InChI=1S/C22H31N5O2/c1-15-24-19-12-17(9-10-20(19)27(15)18-7-3-2-4-8-18)25-22(29)16-6-5-11-26(13-16)14-21(23)28/h9-10,12,16,18H,2-8,11,13-14H2,1H3,(H2,23,28)(H,25,29)/t16-/m1/s1. The van der Waals surface area contributed by atoms with E-state index < -0.39 is 0 Å². The molecular formula is C22H31N5O2. The number of rotatable bonds is 5. The smallest absolute Gasteiger partial charge is 0.231 e. The molecule has 7 nitrogen and oxygen atoms in total. The van der Waals surface area contributed by atoms with Crippen LogP contribution in [0.4, 0.5) is 5.69 Å². The Kier molecular flexibility index (Phi) is 5.85. The number of nitrogens with one attached hydrogen (secondary N) is 1. The van der Waals surface area contributed by atoms with Crippen LogP contribution in [0, 0.1) is 12.8 Å². The molecule has 0 unspecified atom stereocenters. The van der Waals surface area contributed by atoms with Crippen LogP contribution in [0.3, 0.4) is 0 Å². The van der Waals surface area contributed by atoms with Gasteiger partial charge in [-0.15, -0.1) is 0 Å². The number of fused-ring (bicyclic) bond motifs is 1. The van der Waals surface area contributed by atoms with E-state index in [4.69, 9.17) is 10.7 Å². The van der Waals surface area contributed by atoms with E-state index >= 15 is 0 Å². The average Bonchev–Trinajstić information content (AvgIpc) is 3.03. The lowest BCUT2D eigenvalue weighted by molar-refractivity contribution is -0.124. The molecule has 2 heterocycles. The van der Waals surface area contributed by atoms with Gasteiger partial charge in [0.05, 0.1) is 23.5 Å². The van der Waals surface area contributed by atoms with Gasteiger partial charge < -0.3 is 15.6 Å². The van der Waals surface area contributed by atoms with Gasteiger partial charge >= 0.3 is 0 Å². The molecule has 1 aliphatic heterocycles. The molecule has 3 N–H and O–H groups in total. The van der Waals surface area contributed by atoms with Gasteiger partial charge in [-0.1, -0.05) is 19.3 Å². The number of hydrogen-bond acceptors (Lipinski definition) is 4. The van der Waals surface area contributed by atoms with Crippen LogP contribution in [0.25, 0.3) is 11.0 Å². The fourth-order valence-corrected chi connectivity index (χ4v) is 4.97. The van der Waals surface area contributed by atoms with Gasteiger partial charge in [0.15, 0.2) is 0 Å². The Balaban J connectivity index is 1.47. The first-order chi connectivity index (χ1) is 14.0. The highest BCUT2D eigenvalue weighted by Crippen LogP contribution is 2.33. The number of amides is 2. The summed E-state index contributed by atoms with van der Waals surface area (Å²) in [6.07, 6.45) is 8.06. The largest absolute Gasteiger partial charge is 0.369 e. The fraction of sp³-hybridized carbons (Fsp3) is 0.591. The van der Waals surface area contributed by atoms with Gasteiger partial charge in [-0.05, 0) is 57.4 Å². The second-order valence-corrected chi connectivity index (χ2v) is 8.55. The lowest BCUT2D eigenvalue weighted by Crippen LogP contribution is -2.44. The molecule has 156 valence electrons. The van der Waals surface area contributed by atoms with Crippen molar-refractivity contribution in [3.8, 4) is 0 Å². The quantitative estimate of drug-likeness (QED) is 0.811. The molecule has 0 bridgehead atoms. The minimum atomic E-state index is -0.347. The normalized spacial score (nSPS) is 21.3. The molecule has 4 rings (SSSR count). The molecule has 2 amide bonds. The van der Waals surface area contributed by atoms with Crippen LogP contribution in [0.5, 0.6) is 0 Å². The van der Waals surface area contributed by atoms with Crippen molar-refractivity contribution in [2.75, 3.05) is 25.0 Å². The van der Waals surface area contributed by atoms with Gasteiger partial charge in [-0.3, -0.25) is 14.5 Å². The van der Waals surface area contributed by atoms with E-state index in [1.165, 1.54) is 32.1 Å². The second kappa shape index (κ2) is 8.53. The first kappa shape index (κ1) is 19.9. The fourth-order valence-electron chi connectivity index (χ4n) is 4.97. The summed E-state index contributed by atoms with van der Waals surface area (Å²) in [4.78, 5) is 30.7. The summed E-state index contributed by atoms with van der Waals surface area (Å²) in [7, 11) is 0. The van der Waals surface area contributed by atoms with Crippen LogP contribution in [0.1, 0.15) is 56.8 Å². The third kappa shape index (κ3) is 4.45. The summed E-state index contributed by atoms with van der Waals surface area (Å²) in [5, 5.41) is 3.05. The highest BCUT2D eigenvalue weighted by atomic mass is 16.2. The van der Waals surface area contributed by atoms with Crippen LogP contribution in [-0.2, 0) is 9.59 Å². The minimum Gasteiger partial charge on any atom is -0.369 e. The first-order valence-electron chi connectivity index (χ1n) is 10.8. The molecule has 1 aromatic heterocycles. The number of nitrogens with zero attached hydrogens (tertiary/aromatic N) is 3. The second-order valence-electron chi connectivity index (χ2n) is 8.55. The number of aromatic nitrogens is 2. The Morgan fingerprint density at radius 2 is 1.97 bits per heavy atom. The van der Waals surface area contributed by atoms with Gasteiger partial charge in [-0.2, -0.15) is 0 Å². The molecule has 1 aliphatic carbocycles. The molecular weight excluding hydrogens is 366 g/mol. The van der Waals surface area contributed by atoms with Crippen molar-refractivity contribution in [2.45, 2.75) is 57.9 Å². The van der Waals surface area contributed by atoms with E-state index in [-0.39, 0.29) is 24.3 Å². The summed E-state index contributed by atoms with van der Waals surface area (Å²) < 4.78 is 2.38. The number of primary amides is 1. The summed E-state index contributed by atoms with van der Waals surface area (Å²) >= 11 is 0. The minimum absolute atomic E-state index is 0.00181. The van der Waals surface area contributed by atoms with Gasteiger partial charge in [0.1, 0.15) is 5.82 Å². The van der Waals surface area contributed by atoms with Crippen molar-refractivity contribution in [1.29, 1.82) is 0 Å². The van der Waals surface area contributed by atoms with E-state index in [0.29, 0.717) is 12.6 Å². The number of piperidine rings is 1. The Morgan fingerprint density at radius 1 is 1.17 bits per heavy atom. The maximum absolute atomic E-state index is 12.8. The highest BCUT2D eigenvalue weighted by Gasteiger charge is 2.27. The molecule has 2 aromatic rings. The van der Waals surface area contributed by atoms with Gasteiger partial charge in [-0.25, -0.2) is 4.98 Å². The lowest BCUT2D eigenvalue weighted by atomic mass is 9.95. The number of carbonyl (C=O) groups excluding carboxylic acids is 2. The SMILES string of the molecule is Cc1nc2cc(NC(=O)[C@@H]3CCCN(CC(N)=O)C3)ccc2n1C1CCCCC1. The molecule has 2 aliphatic rings. The zero-order valence-corrected chi connectivity index (χ0v) is 17.2. The van der Waals surface area contributed by atoms with Crippen molar-refractivity contribution in [1.82, 2.24) is 14.5 Å². The maximum atomic E-state index is 12.8. The molecule has 1 saturated carbocycles. The van der Waals surface area contributed by atoms with E-state index in [0.717, 1.165) is 41.9 Å². The summed E-state index contributed by atoms with van der Waals surface area (Å²) in [6, 6.07) is 6.57. The number of hydrogen-bond donors (Lipinski definition) is 2. The van der Waals surface area contributed by atoms with E-state index in [2.05, 4.69) is 22.9 Å². The van der Waals surface area contributed by atoms with Crippen molar-refractivity contribution in [3.05, 3.63) is 24.0 Å². The van der Waals surface area contributed by atoms with E-state index in [1.54, 1.807) is 0 Å². The van der Waals surface area contributed by atoms with Gasteiger partial charge in [0.2, 0.25) is 11.8 Å². The molecule has 2 fully saturated rings. The van der Waals surface area contributed by atoms with Crippen LogP contribution < -0.4 is 11.1 Å². The Labute approximate surface area is 171 Å². The van der Waals surface area contributed by atoms with Crippen molar-refractivity contribution in [2.24, 2.45) is 11.7 Å². The van der Waals surface area contributed by atoms with Crippen molar-refractivity contribution in [3.63, 3.8) is 0 Å². The van der Waals surface area contributed by atoms with Crippen LogP contribution >= 0.6 is 0 Å². The Hall–Kier alpha value is -2.41. The number of aryl methyl sites for hydroxylation is 1. The highest BCUT2D eigenvalue weighted by molar-refractivity contribution is 5.94. The molecule has 1 aromatic carbocycles. The molecule has 1 saturated heterocycles. The predicted octanol–water partition coefficient (Wildman–Crippen LogP) is 2.99. The third-order valence-corrected chi connectivity index (χ3v) is 6.33. The first-order valence-corrected chi connectivity index (χ1v) is 10.8. The average molecular weight is 398 g/mol. The number of anilines is 1. The number of carbonyl (C=O) groups is 2. The monoisotopic (exact) mass is 397 g/mol. The molecule has 0 radical (unpaired) electrons.